The van der Waals surface area contributed by atoms with Gasteiger partial charge in [-0.1, -0.05) is 0 Å². The minimum absolute atomic E-state index is 0. The van der Waals surface area contributed by atoms with Crippen LogP contribution in [0.1, 0.15) is 45.2 Å². The zero-order valence-electron chi connectivity index (χ0n) is 16.8. The van der Waals surface area contributed by atoms with E-state index in [1.807, 2.05) is 33.8 Å². The van der Waals surface area contributed by atoms with Gasteiger partial charge in [-0.05, 0) is 52.3 Å². The van der Waals surface area contributed by atoms with Crippen LogP contribution < -0.4 is 16.0 Å². The van der Waals surface area contributed by atoms with Crippen molar-refractivity contribution >= 4 is 36.0 Å². The molecular weight excluding hydrogens is 476 g/mol. The molecule has 0 radical (unpaired) electrons. The number of carbonyl (C=O) groups excluding carboxylic acids is 1. The maximum Gasteiger partial charge on any atom is 0.407 e. The summed E-state index contributed by atoms with van der Waals surface area (Å²) in [6, 6.07) is 6.19. The second kappa shape index (κ2) is 13.1. The van der Waals surface area contributed by atoms with Crippen molar-refractivity contribution in [1.82, 2.24) is 16.0 Å². The molecule has 1 rings (SSSR count). The number of nitrogens with one attached hydrogen (secondary N) is 3. The fourth-order valence-electron chi connectivity index (χ4n) is 2.07. The van der Waals surface area contributed by atoms with E-state index in [2.05, 4.69) is 20.9 Å². The molecule has 1 amide bonds. The fraction of sp³-hybridized carbons (Fsp3) is 0.526. The molecular formula is C19H29FIN5O2. The third-order valence-electron chi connectivity index (χ3n) is 3.24. The number of hydrogen-bond donors (Lipinski definition) is 3. The molecule has 0 saturated heterocycles. The summed E-state index contributed by atoms with van der Waals surface area (Å²) in [5, 5.41) is 17.8. The second-order valence-electron chi connectivity index (χ2n) is 6.82. The monoisotopic (exact) mass is 505 g/mol. The molecule has 0 aliphatic rings. The van der Waals surface area contributed by atoms with E-state index < -0.39 is 17.5 Å². The molecule has 156 valence electrons. The number of halogens is 2. The molecule has 28 heavy (non-hydrogen) atoms. The van der Waals surface area contributed by atoms with Gasteiger partial charge in [0.05, 0.1) is 18.2 Å². The van der Waals surface area contributed by atoms with E-state index >= 15 is 0 Å². The fourth-order valence-corrected chi connectivity index (χ4v) is 2.07. The van der Waals surface area contributed by atoms with Crippen molar-refractivity contribution in [2.45, 2.75) is 46.3 Å². The van der Waals surface area contributed by atoms with E-state index in [1.165, 1.54) is 18.2 Å². The molecule has 0 aliphatic carbocycles. The van der Waals surface area contributed by atoms with Gasteiger partial charge < -0.3 is 20.7 Å². The van der Waals surface area contributed by atoms with Crippen LogP contribution in [0.2, 0.25) is 0 Å². The number of carbonyl (C=O) groups is 1. The zero-order chi connectivity index (χ0) is 20.3. The van der Waals surface area contributed by atoms with Gasteiger partial charge in [-0.2, -0.15) is 5.26 Å². The van der Waals surface area contributed by atoms with Crippen LogP contribution in [0, 0.1) is 17.1 Å². The highest BCUT2D eigenvalue weighted by Crippen LogP contribution is 2.11. The maximum absolute atomic E-state index is 13.8. The highest BCUT2D eigenvalue weighted by atomic mass is 127. The van der Waals surface area contributed by atoms with Crippen LogP contribution in [0.3, 0.4) is 0 Å². The van der Waals surface area contributed by atoms with Gasteiger partial charge in [-0.3, -0.25) is 0 Å². The van der Waals surface area contributed by atoms with E-state index in [0.717, 1.165) is 0 Å². The van der Waals surface area contributed by atoms with Crippen LogP contribution in [0.5, 0.6) is 0 Å². The molecule has 0 aromatic heterocycles. The first-order chi connectivity index (χ1) is 12.7. The molecule has 0 spiro atoms. The normalized spacial score (nSPS) is 11.1. The number of rotatable bonds is 7. The van der Waals surface area contributed by atoms with Gasteiger partial charge in [-0.25, -0.2) is 14.2 Å². The van der Waals surface area contributed by atoms with E-state index in [1.54, 1.807) is 0 Å². The number of hydrogen-bond acceptors (Lipinski definition) is 4. The van der Waals surface area contributed by atoms with Crippen LogP contribution >= 0.6 is 24.0 Å². The number of aliphatic imine (C=N–C) groups is 1. The van der Waals surface area contributed by atoms with Gasteiger partial charge in [0.25, 0.3) is 0 Å². The first-order valence-electron chi connectivity index (χ1n) is 8.92. The average Bonchev–Trinajstić information content (AvgIpc) is 2.58. The van der Waals surface area contributed by atoms with Gasteiger partial charge in [0.1, 0.15) is 11.4 Å². The van der Waals surface area contributed by atoms with Crippen LogP contribution in [-0.2, 0) is 11.3 Å². The lowest BCUT2D eigenvalue weighted by molar-refractivity contribution is 0.0527. The molecule has 0 heterocycles. The number of nitrogens with zero attached hydrogens (tertiary/aromatic N) is 2. The van der Waals surface area contributed by atoms with E-state index in [9.17, 15) is 9.18 Å². The number of benzene rings is 1. The Morgan fingerprint density at radius 1 is 1.25 bits per heavy atom. The summed E-state index contributed by atoms with van der Waals surface area (Å²) in [4.78, 5) is 15.9. The highest BCUT2D eigenvalue weighted by Gasteiger charge is 2.15. The third kappa shape index (κ3) is 10.9. The molecule has 1 aromatic rings. The molecule has 0 bridgehead atoms. The lowest BCUT2D eigenvalue weighted by Gasteiger charge is -2.19. The molecule has 0 aliphatic heterocycles. The molecule has 0 atom stereocenters. The second-order valence-corrected chi connectivity index (χ2v) is 6.82. The summed E-state index contributed by atoms with van der Waals surface area (Å²) in [7, 11) is 0. The summed E-state index contributed by atoms with van der Waals surface area (Å²) in [5.41, 5.74) is 0.233. The molecule has 0 unspecified atom stereocenters. The van der Waals surface area contributed by atoms with Gasteiger partial charge in [0.15, 0.2) is 5.96 Å². The van der Waals surface area contributed by atoms with Crippen molar-refractivity contribution in [3.63, 3.8) is 0 Å². The topological polar surface area (TPSA) is 98.5 Å². The van der Waals surface area contributed by atoms with Gasteiger partial charge in [0.2, 0.25) is 0 Å². The lowest BCUT2D eigenvalue weighted by Crippen LogP contribution is -2.39. The Morgan fingerprint density at radius 3 is 2.54 bits per heavy atom. The summed E-state index contributed by atoms with van der Waals surface area (Å²) in [6.07, 6.45) is 0.220. The molecule has 9 heteroatoms. The van der Waals surface area contributed by atoms with E-state index in [4.69, 9.17) is 10.00 Å². The van der Waals surface area contributed by atoms with Gasteiger partial charge >= 0.3 is 6.09 Å². The highest BCUT2D eigenvalue weighted by molar-refractivity contribution is 14.0. The molecule has 0 fully saturated rings. The SMILES string of the molecule is CCNC(=NCc1cc(C#N)ccc1F)NCCCNC(=O)OC(C)(C)C.I. The Morgan fingerprint density at radius 2 is 1.93 bits per heavy atom. The van der Waals surface area contributed by atoms with Crippen molar-refractivity contribution in [1.29, 1.82) is 5.26 Å². The van der Waals surface area contributed by atoms with Crippen LogP contribution in [0.15, 0.2) is 23.2 Å². The third-order valence-corrected chi connectivity index (χ3v) is 3.24. The van der Waals surface area contributed by atoms with Gasteiger partial charge in [0, 0.05) is 25.2 Å². The summed E-state index contributed by atoms with van der Waals surface area (Å²) in [5.74, 6) is 0.145. The van der Waals surface area contributed by atoms with Crippen molar-refractivity contribution < 1.29 is 13.9 Å². The van der Waals surface area contributed by atoms with E-state index in [0.29, 0.717) is 43.1 Å². The molecule has 1 aromatic carbocycles. The van der Waals surface area contributed by atoms with Crippen LogP contribution in [0.4, 0.5) is 9.18 Å². The summed E-state index contributed by atoms with van der Waals surface area (Å²) < 4.78 is 19.0. The number of alkyl carbamates (subject to hydrolysis) is 1. The lowest BCUT2D eigenvalue weighted by atomic mass is 10.1. The smallest absolute Gasteiger partial charge is 0.407 e. The Kier molecular flexibility index (Phi) is 12.2. The predicted molar refractivity (Wildman–Crippen MR) is 118 cm³/mol. The zero-order valence-corrected chi connectivity index (χ0v) is 19.1. The Hall–Kier alpha value is -2.09. The molecule has 3 N–H and O–H groups in total. The molecule has 7 nitrogen and oxygen atoms in total. The van der Waals surface area contributed by atoms with Crippen LogP contribution in [-0.4, -0.2) is 37.3 Å². The van der Waals surface area contributed by atoms with Crippen molar-refractivity contribution in [2.24, 2.45) is 4.99 Å². The van der Waals surface area contributed by atoms with Crippen molar-refractivity contribution in [3.05, 3.63) is 35.1 Å². The van der Waals surface area contributed by atoms with E-state index in [-0.39, 0.29) is 30.5 Å². The standard InChI is InChI=1S/C19H28FN5O2.HI/c1-5-22-17(23-9-6-10-24-18(26)27-19(2,3)4)25-13-15-11-14(12-21)7-8-16(15)20;/h7-8,11H,5-6,9-10,13H2,1-4H3,(H,24,26)(H2,22,23,25);1H. The number of amides is 1. The maximum atomic E-state index is 13.8. The first-order valence-corrected chi connectivity index (χ1v) is 8.92. The van der Waals surface area contributed by atoms with Crippen molar-refractivity contribution in [3.8, 4) is 6.07 Å². The van der Waals surface area contributed by atoms with Crippen molar-refractivity contribution in [2.75, 3.05) is 19.6 Å². The Balaban J connectivity index is 0.00000729. The number of nitriles is 1. The largest absolute Gasteiger partial charge is 0.444 e. The molecule has 0 saturated carbocycles. The Labute approximate surface area is 183 Å². The van der Waals surface area contributed by atoms with Gasteiger partial charge in [-0.15, -0.1) is 24.0 Å². The minimum Gasteiger partial charge on any atom is -0.444 e. The quantitative estimate of drug-likeness (QED) is 0.229. The average molecular weight is 505 g/mol. The van der Waals surface area contributed by atoms with Crippen LogP contribution in [0.25, 0.3) is 0 Å². The summed E-state index contributed by atoms with van der Waals surface area (Å²) in [6.45, 7) is 9.16. The summed E-state index contributed by atoms with van der Waals surface area (Å²) >= 11 is 0. The number of guanidine groups is 1. The predicted octanol–water partition coefficient (Wildman–Crippen LogP) is 3.29. The first kappa shape index (κ1) is 25.9. The Bertz CT molecular complexity index is 699. The number of ether oxygens (including phenoxy) is 1. The minimum atomic E-state index is -0.522.